The highest BCUT2D eigenvalue weighted by molar-refractivity contribution is 5.91. The quantitative estimate of drug-likeness (QED) is 0.799. The summed E-state index contributed by atoms with van der Waals surface area (Å²) < 4.78 is 0. The van der Waals surface area contributed by atoms with Crippen molar-refractivity contribution in [2.75, 3.05) is 31.2 Å². The van der Waals surface area contributed by atoms with Crippen LogP contribution in [-0.2, 0) is 4.79 Å². The highest BCUT2D eigenvalue weighted by Gasteiger charge is 2.23. The first kappa shape index (κ1) is 11.9. The summed E-state index contributed by atoms with van der Waals surface area (Å²) in [5, 5.41) is 2.83. The van der Waals surface area contributed by atoms with Crippen molar-refractivity contribution in [2.45, 2.75) is 12.8 Å². The summed E-state index contributed by atoms with van der Waals surface area (Å²) in [5.74, 6) is 0.740. The molecular weight excluding hydrogens is 216 g/mol. The molecule has 3 N–H and O–H groups in total. The molecule has 1 aromatic rings. The van der Waals surface area contributed by atoms with Gasteiger partial charge in [-0.3, -0.25) is 4.79 Å². The molecule has 2 rings (SSSR count). The number of rotatable bonds is 2. The Morgan fingerprint density at radius 1 is 1.47 bits per heavy atom. The van der Waals surface area contributed by atoms with Crippen LogP contribution < -0.4 is 11.1 Å². The lowest BCUT2D eigenvalue weighted by atomic mass is 9.96. The standard InChI is InChI=1S/C12H18N4O/c1-16-6-4-9(5-7-16)12(17)15-11-3-2-10(13)8-14-11/h2-3,8-9H,4-7,13H2,1H3,(H,14,15,17). The molecule has 0 bridgehead atoms. The molecule has 2 heterocycles. The van der Waals surface area contributed by atoms with Crippen molar-refractivity contribution < 1.29 is 4.79 Å². The van der Waals surface area contributed by atoms with Gasteiger partial charge in [0, 0.05) is 5.92 Å². The van der Waals surface area contributed by atoms with Crippen molar-refractivity contribution in [3.8, 4) is 0 Å². The molecule has 5 heteroatoms. The lowest BCUT2D eigenvalue weighted by Crippen LogP contribution is -2.36. The van der Waals surface area contributed by atoms with E-state index in [1.54, 1.807) is 18.3 Å². The van der Waals surface area contributed by atoms with Crippen LogP contribution in [0.1, 0.15) is 12.8 Å². The minimum atomic E-state index is 0.0652. The molecule has 1 aliphatic heterocycles. The maximum Gasteiger partial charge on any atom is 0.228 e. The summed E-state index contributed by atoms with van der Waals surface area (Å²) in [6.45, 7) is 1.96. The highest BCUT2D eigenvalue weighted by atomic mass is 16.1. The fraction of sp³-hybridized carbons (Fsp3) is 0.500. The number of anilines is 2. The fourth-order valence-electron chi connectivity index (χ4n) is 1.98. The van der Waals surface area contributed by atoms with Gasteiger partial charge < -0.3 is 16.0 Å². The van der Waals surface area contributed by atoms with E-state index < -0.39 is 0 Å². The van der Waals surface area contributed by atoms with Crippen LogP contribution in [-0.4, -0.2) is 35.9 Å². The molecule has 92 valence electrons. The molecule has 5 nitrogen and oxygen atoms in total. The number of nitrogen functional groups attached to an aromatic ring is 1. The summed E-state index contributed by atoms with van der Waals surface area (Å²) in [5.41, 5.74) is 6.13. The zero-order valence-corrected chi connectivity index (χ0v) is 10.0. The van der Waals surface area contributed by atoms with E-state index in [1.807, 2.05) is 0 Å². The fourth-order valence-corrected chi connectivity index (χ4v) is 1.98. The smallest absolute Gasteiger partial charge is 0.228 e. The van der Waals surface area contributed by atoms with Crippen molar-refractivity contribution >= 4 is 17.4 Å². The van der Waals surface area contributed by atoms with Crippen LogP contribution in [0, 0.1) is 5.92 Å². The van der Waals surface area contributed by atoms with Gasteiger partial charge in [0.2, 0.25) is 5.91 Å². The Morgan fingerprint density at radius 3 is 2.76 bits per heavy atom. The molecule has 0 unspecified atom stereocenters. The van der Waals surface area contributed by atoms with Crippen LogP contribution in [0.3, 0.4) is 0 Å². The summed E-state index contributed by atoms with van der Waals surface area (Å²) in [6.07, 6.45) is 3.37. The average molecular weight is 234 g/mol. The SMILES string of the molecule is CN1CCC(C(=O)Nc2ccc(N)cn2)CC1. The Hall–Kier alpha value is -1.62. The van der Waals surface area contributed by atoms with Crippen molar-refractivity contribution in [2.24, 2.45) is 5.92 Å². The number of nitrogens with two attached hydrogens (primary N) is 1. The van der Waals surface area contributed by atoms with E-state index in [9.17, 15) is 4.79 Å². The number of carbonyl (C=O) groups excluding carboxylic acids is 1. The first-order valence-corrected chi connectivity index (χ1v) is 5.86. The van der Waals surface area contributed by atoms with Crippen LogP contribution in [0.2, 0.25) is 0 Å². The number of hydrogen-bond acceptors (Lipinski definition) is 4. The molecule has 1 saturated heterocycles. The van der Waals surface area contributed by atoms with Gasteiger partial charge in [-0.2, -0.15) is 0 Å². The second kappa shape index (κ2) is 5.14. The molecular formula is C12H18N4O. The number of hydrogen-bond donors (Lipinski definition) is 2. The number of amides is 1. The van der Waals surface area contributed by atoms with Gasteiger partial charge in [-0.15, -0.1) is 0 Å². The summed E-state index contributed by atoms with van der Waals surface area (Å²) in [7, 11) is 2.08. The number of aromatic nitrogens is 1. The van der Waals surface area contributed by atoms with E-state index in [0.29, 0.717) is 11.5 Å². The normalized spacial score (nSPS) is 17.9. The molecule has 1 fully saturated rings. The largest absolute Gasteiger partial charge is 0.397 e. The number of nitrogens with one attached hydrogen (secondary N) is 1. The highest BCUT2D eigenvalue weighted by Crippen LogP contribution is 2.18. The molecule has 0 aromatic carbocycles. The van der Waals surface area contributed by atoms with E-state index in [4.69, 9.17) is 5.73 Å². The van der Waals surface area contributed by atoms with Gasteiger partial charge in [-0.05, 0) is 45.1 Å². The topological polar surface area (TPSA) is 71.2 Å². The maximum absolute atomic E-state index is 12.0. The Kier molecular flexibility index (Phi) is 3.58. The van der Waals surface area contributed by atoms with Gasteiger partial charge >= 0.3 is 0 Å². The predicted molar refractivity (Wildman–Crippen MR) is 67.5 cm³/mol. The van der Waals surface area contributed by atoms with Crippen molar-refractivity contribution in [3.63, 3.8) is 0 Å². The summed E-state index contributed by atoms with van der Waals surface area (Å²) in [6, 6.07) is 3.46. The van der Waals surface area contributed by atoms with Crippen LogP contribution >= 0.6 is 0 Å². The van der Waals surface area contributed by atoms with Crippen LogP contribution in [0.5, 0.6) is 0 Å². The van der Waals surface area contributed by atoms with E-state index >= 15 is 0 Å². The first-order chi connectivity index (χ1) is 8.15. The Balaban J connectivity index is 1.90. The minimum absolute atomic E-state index is 0.0652. The number of carbonyl (C=O) groups is 1. The van der Waals surface area contributed by atoms with Gasteiger partial charge in [0.05, 0.1) is 11.9 Å². The van der Waals surface area contributed by atoms with E-state index in [1.165, 1.54) is 0 Å². The average Bonchev–Trinajstić information content (AvgIpc) is 2.33. The van der Waals surface area contributed by atoms with Crippen molar-refractivity contribution in [1.29, 1.82) is 0 Å². The summed E-state index contributed by atoms with van der Waals surface area (Å²) >= 11 is 0. The van der Waals surface area contributed by atoms with Gasteiger partial charge in [-0.25, -0.2) is 4.98 Å². The summed E-state index contributed by atoms with van der Waals surface area (Å²) in [4.78, 5) is 18.3. The van der Waals surface area contributed by atoms with Gasteiger partial charge in [0.25, 0.3) is 0 Å². The maximum atomic E-state index is 12.0. The third-order valence-corrected chi connectivity index (χ3v) is 3.13. The predicted octanol–water partition coefficient (Wildman–Crippen LogP) is 0.944. The van der Waals surface area contributed by atoms with Crippen LogP contribution in [0.4, 0.5) is 11.5 Å². The molecule has 17 heavy (non-hydrogen) atoms. The second-order valence-corrected chi connectivity index (χ2v) is 4.54. The van der Waals surface area contributed by atoms with Crippen LogP contribution in [0.15, 0.2) is 18.3 Å². The Morgan fingerprint density at radius 2 is 2.18 bits per heavy atom. The van der Waals surface area contributed by atoms with Gasteiger partial charge in [0.15, 0.2) is 0 Å². The Bertz CT molecular complexity index is 382. The lowest BCUT2D eigenvalue weighted by Gasteiger charge is -2.27. The third-order valence-electron chi connectivity index (χ3n) is 3.13. The van der Waals surface area contributed by atoms with Gasteiger partial charge in [0.1, 0.15) is 5.82 Å². The van der Waals surface area contributed by atoms with E-state index in [0.717, 1.165) is 25.9 Å². The molecule has 0 atom stereocenters. The minimum Gasteiger partial charge on any atom is -0.397 e. The molecule has 0 radical (unpaired) electrons. The van der Waals surface area contributed by atoms with Crippen molar-refractivity contribution in [1.82, 2.24) is 9.88 Å². The molecule has 1 amide bonds. The number of nitrogens with zero attached hydrogens (tertiary/aromatic N) is 2. The zero-order chi connectivity index (χ0) is 12.3. The molecule has 0 saturated carbocycles. The number of piperidine rings is 1. The molecule has 0 spiro atoms. The van der Waals surface area contributed by atoms with Crippen molar-refractivity contribution in [3.05, 3.63) is 18.3 Å². The molecule has 1 aromatic heterocycles. The number of likely N-dealkylation sites (tertiary alicyclic amines) is 1. The lowest BCUT2D eigenvalue weighted by molar-refractivity contribution is -0.121. The molecule has 1 aliphatic rings. The molecule has 0 aliphatic carbocycles. The Labute approximate surface area is 101 Å². The third kappa shape index (κ3) is 3.17. The van der Waals surface area contributed by atoms with E-state index in [2.05, 4.69) is 22.2 Å². The second-order valence-electron chi connectivity index (χ2n) is 4.54. The monoisotopic (exact) mass is 234 g/mol. The van der Waals surface area contributed by atoms with E-state index in [-0.39, 0.29) is 11.8 Å². The first-order valence-electron chi connectivity index (χ1n) is 5.86. The van der Waals surface area contributed by atoms with Crippen LogP contribution in [0.25, 0.3) is 0 Å². The van der Waals surface area contributed by atoms with Gasteiger partial charge in [-0.1, -0.05) is 0 Å². The number of pyridine rings is 1. The zero-order valence-electron chi connectivity index (χ0n) is 10.0.